The van der Waals surface area contributed by atoms with Gasteiger partial charge in [-0.1, -0.05) is 0 Å². The summed E-state index contributed by atoms with van der Waals surface area (Å²) in [4.78, 5) is 7.94. The SMILES string of the molecule is Oc1cc(O)c(NCc2ccncc2)cc1NCc1ccncc1. The van der Waals surface area contributed by atoms with Crippen molar-refractivity contribution in [2.45, 2.75) is 13.1 Å². The van der Waals surface area contributed by atoms with Gasteiger partial charge in [-0.25, -0.2) is 0 Å². The number of benzene rings is 1. The van der Waals surface area contributed by atoms with Crippen molar-refractivity contribution >= 4 is 11.4 Å². The molecule has 0 aliphatic rings. The Morgan fingerprint density at radius 1 is 0.667 bits per heavy atom. The summed E-state index contributed by atoms with van der Waals surface area (Å²) in [6.07, 6.45) is 6.87. The quantitative estimate of drug-likeness (QED) is 0.412. The number of nitrogens with zero attached hydrogens (tertiary/aromatic N) is 2. The predicted octanol–water partition coefficient (Wildman–Crippen LogP) is 3.11. The number of hydrogen-bond donors (Lipinski definition) is 4. The summed E-state index contributed by atoms with van der Waals surface area (Å²) in [7, 11) is 0. The Morgan fingerprint density at radius 2 is 1.08 bits per heavy atom. The molecule has 1 aromatic carbocycles. The molecule has 2 heterocycles. The molecule has 122 valence electrons. The van der Waals surface area contributed by atoms with Crippen molar-refractivity contribution in [3.63, 3.8) is 0 Å². The number of phenols is 2. The maximum atomic E-state index is 10.0. The average Bonchev–Trinajstić information content (AvgIpc) is 2.62. The van der Waals surface area contributed by atoms with E-state index in [1.54, 1.807) is 30.9 Å². The Hall–Kier alpha value is -3.28. The van der Waals surface area contributed by atoms with E-state index in [2.05, 4.69) is 20.6 Å². The van der Waals surface area contributed by atoms with Gasteiger partial charge in [0.1, 0.15) is 11.5 Å². The Morgan fingerprint density at radius 3 is 1.50 bits per heavy atom. The maximum Gasteiger partial charge on any atom is 0.142 e. The molecule has 0 fully saturated rings. The smallest absolute Gasteiger partial charge is 0.142 e. The van der Waals surface area contributed by atoms with Gasteiger partial charge in [-0.15, -0.1) is 0 Å². The van der Waals surface area contributed by atoms with E-state index in [1.807, 2.05) is 24.3 Å². The van der Waals surface area contributed by atoms with Crippen LogP contribution in [0.3, 0.4) is 0 Å². The Labute approximate surface area is 139 Å². The summed E-state index contributed by atoms with van der Waals surface area (Å²) in [6, 6.07) is 10.6. The fraction of sp³-hybridized carbons (Fsp3) is 0.111. The molecule has 0 atom stereocenters. The molecule has 0 amide bonds. The van der Waals surface area contributed by atoms with Gasteiger partial charge in [0.05, 0.1) is 11.4 Å². The van der Waals surface area contributed by atoms with E-state index in [4.69, 9.17) is 0 Å². The van der Waals surface area contributed by atoms with Gasteiger partial charge in [0, 0.05) is 43.9 Å². The van der Waals surface area contributed by atoms with Gasteiger partial charge in [0.15, 0.2) is 0 Å². The highest BCUT2D eigenvalue weighted by molar-refractivity contribution is 5.70. The summed E-state index contributed by atoms with van der Waals surface area (Å²) in [5.41, 5.74) is 3.18. The lowest BCUT2D eigenvalue weighted by Gasteiger charge is -2.14. The summed E-state index contributed by atoms with van der Waals surface area (Å²) in [5, 5.41) is 26.3. The molecule has 0 saturated heterocycles. The predicted molar refractivity (Wildman–Crippen MR) is 92.9 cm³/mol. The molecule has 0 radical (unpaired) electrons. The fourth-order valence-electron chi connectivity index (χ4n) is 2.26. The van der Waals surface area contributed by atoms with Crippen LogP contribution in [0.4, 0.5) is 11.4 Å². The largest absolute Gasteiger partial charge is 0.506 e. The minimum atomic E-state index is -0.00369. The van der Waals surface area contributed by atoms with Gasteiger partial charge in [-0.05, 0) is 41.5 Å². The number of pyridine rings is 2. The molecule has 0 aliphatic heterocycles. The summed E-state index contributed by atoms with van der Waals surface area (Å²) in [5.74, 6) is -0.00738. The fourth-order valence-corrected chi connectivity index (χ4v) is 2.26. The summed E-state index contributed by atoms with van der Waals surface area (Å²) >= 11 is 0. The van der Waals surface area contributed by atoms with E-state index < -0.39 is 0 Å². The number of nitrogens with one attached hydrogen (secondary N) is 2. The molecular weight excluding hydrogens is 304 g/mol. The molecule has 6 heteroatoms. The topological polar surface area (TPSA) is 90.3 Å². The van der Waals surface area contributed by atoms with E-state index >= 15 is 0 Å². The molecule has 3 aromatic rings. The maximum absolute atomic E-state index is 10.0. The average molecular weight is 322 g/mol. The monoisotopic (exact) mass is 322 g/mol. The van der Waals surface area contributed by atoms with Crippen molar-refractivity contribution in [2.75, 3.05) is 10.6 Å². The highest BCUT2D eigenvalue weighted by Gasteiger charge is 2.08. The number of hydrogen-bond acceptors (Lipinski definition) is 6. The second kappa shape index (κ2) is 7.32. The molecule has 0 saturated carbocycles. The van der Waals surface area contributed by atoms with Crippen molar-refractivity contribution < 1.29 is 10.2 Å². The molecular formula is C18H18N4O2. The van der Waals surface area contributed by atoms with Crippen LogP contribution in [-0.2, 0) is 13.1 Å². The lowest BCUT2D eigenvalue weighted by Crippen LogP contribution is -2.03. The molecule has 3 rings (SSSR count). The molecule has 2 aromatic heterocycles. The number of anilines is 2. The number of aromatic hydroxyl groups is 2. The third-order valence-electron chi connectivity index (χ3n) is 3.58. The zero-order valence-corrected chi connectivity index (χ0v) is 13.0. The van der Waals surface area contributed by atoms with Crippen LogP contribution in [0.25, 0.3) is 0 Å². The second-order valence-electron chi connectivity index (χ2n) is 5.30. The number of rotatable bonds is 6. The van der Waals surface area contributed by atoms with E-state index in [0.717, 1.165) is 11.1 Å². The molecule has 6 nitrogen and oxygen atoms in total. The molecule has 0 spiro atoms. The zero-order chi connectivity index (χ0) is 16.8. The first-order chi connectivity index (χ1) is 11.7. The van der Waals surface area contributed by atoms with Gasteiger partial charge in [-0.3, -0.25) is 9.97 Å². The Balaban J connectivity index is 1.71. The summed E-state index contributed by atoms with van der Waals surface area (Å²) < 4.78 is 0. The normalized spacial score (nSPS) is 10.3. The first-order valence-electron chi connectivity index (χ1n) is 7.54. The van der Waals surface area contributed by atoms with Crippen molar-refractivity contribution in [1.29, 1.82) is 0 Å². The van der Waals surface area contributed by atoms with Gasteiger partial charge in [0.2, 0.25) is 0 Å². The Kier molecular flexibility index (Phi) is 4.76. The summed E-state index contributed by atoms with van der Waals surface area (Å²) in [6.45, 7) is 1.09. The van der Waals surface area contributed by atoms with Crippen molar-refractivity contribution in [3.05, 3.63) is 72.3 Å². The molecule has 4 N–H and O–H groups in total. The third-order valence-corrected chi connectivity index (χ3v) is 3.58. The lowest BCUT2D eigenvalue weighted by atomic mass is 10.2. The van der Waals surface area contributed by atoms with E-state index in [-0.39, 0.29) is 11.5 Å². The minimum Gasteiger partial charge on any atom is -0.506 e. The van der Waals surface area contributed by atoms with Gasteiger partial charge in [-0.2, -0.15) is 0 Å². The molecule has 0 bridgehead atoms. The van der Waals surface area contributed by atoms with Crippen molar-refractivity contribution in [3.8, 4) is 11.5 Å². The van der Waals surface area contributed by atoms with Crippen LogP contribution in [0.5, 0.6) is 11.5 Å². The van der Waals surface area contributed by atoms with Crippen LogP contribution in [0.2, 0.25) is 0 Å². The molecule has 0 aliphatic carbocycles. The highest BCUT2D eigenvalue weighted by Crippen LogP contribution is 2.35. The van der Waals surface area contributed by atoms with Crippen LogP contribution in [0.1, 0.15) is 11.1 Å². The Bertz CT molecular complexity index is 730. The van der Waals surface area contributed by atoms with Crippen molar-refractivity contribution in [2.24, 2.45) is 0 Å². The molecule has 24 heavy (non-hydrogen) atoms. The van der Waals surface area contributed by atoms with E-state index in [1.165, 1.54) is 6.07 Å². The van der Waals surface area contributed by atoms with Crippen LogP contribution in [0, 0.1) is 0 Å². The van der Waals surface area contributed by atoms with E-state index in [0.29, 0.717) is 24.5 Å². The van der Waals surface area contributed by atoms with Crippen LogP contribution >= 0.6 is 0 Å². The molecule has 0 unspecified atom stereocenters. The highest BCUT2D eigenvalue weighted by atomic mass is 16.3. The van der Waals surface area contributed by atoms with Gasteiger partial charge in [0.25, 0.3) is 0 Å². The number of phenolic OH excluding ortho intramolecular Hbond substituents is 2. The first kappa shape index (κ1) is 15.6. The minimum absolute atomic E-state index is 0.00369. The van der Waals surface area contributed by atoms with Gasteiger partial charge >= 0.3 is 0 Å². The lowest BCUT2D eigenvalue weighted by molar-refractivity contribution is 0.453. The first-order valence-corrected chi connectivity index (χ1v) is 7.54. The second-order valence-corrected chi connectivity index (χ2v) is 5.30. The van der Waals surface area contributed by atoms with Crippen molar-refractivity contribution in [1.82, 2.24) is 9.97 Å². The third kappa shape index (κ3) is 3.92. The van der Waals surface area contributed by atoms with Crippen LogP contribution in [0.15, 0.2) is 61.2 Å². The van der Waals surface area contributed by atoms with E-state index in [9.17, 15) is 10.2 Å². The standard InChI is InChI=1S/C18H18N4O2/c23-17-10-18(24)16(22-12-14-3-7-20-8-4-14)9-15(17)21-11-13-1-5-19-6-2-13/h1-10,21-24H,11-12H2. The zero-order valence-electron chi connectivity index (χ0n) is 13.0. The van der Waals surface area contributed by atoms with Crippen LogP contribution in [-0.4, -0.2) is 20.2 Å². The number of aromatic nitrogens is 2. The van der Waals surface area contributed by atoms with Gasteiger partial charge < -0.3 is 20.8 Å². The van der Waals surface area contributed by atoms with Crippen LogP contribution < -0.4 is 10.6 Å².